The van der Waals surface area contributed by atoms with Gasteiger partial charge in [0.05, 0.1) is 23.5 Å². The van der Waals surface area contributed by atoms with E-state index in [1.54, 1.807) is 18.3 Å². The molecule has 0 radical (unpaired) electrons. The molecule has 6 heteroatoms. The molecule has 0 saturated heterocycles. The molecule has 0 fully saturated rings. The van der Waals surface area contributed by atoms with E-state index in [1.165, 1.54) is 0 Å². The first-order valence-corrected chi connectivity index (χ1v) is 7.27. The second kappa shape index (κ2) is 5.77. The van der Waals surface area contributed by atoms with Gasteiger partial charge in [-0.15, -0.1) is 0 Å². The summed E-state index contributed by atoms with van der Waals surface area (Å²) in [6.45, 7) is 3.91. The molecule has 1 amide bonds. The largest absolute Gasteiger partial charge is 0.323 e. The van der Waals surface area contributed by atoms with Gasteiger partial charge in [-0.2, -0.15) is 0 Å². The number of nitrogens with zero attached hydrogens (tertiary/aromatic N) is 3. The van der Waals surface area contributed by atoms with Gasteiger partial charge in [0.1, 0.15) is 5.65 Å². The second-order valence-electron chi connectivity index (χ2n) is 5.10. The lowest BCUT2D eigenvalue weighted by molar-refractivity contribution is -0.115. The first-order valence-electron chi connectivity index (χ1n) is 6.90. The summed E-state index contributed by atoms with van der Waals surface area (Å²) < 4.78 is 1.95. The minimum Gasteiger partial charge on any atom is -0.323 e. The van der Waals surface area contributed by atoms with Crippen molar-refractivity contribution in [3.63, 3.8) is 0 Å². The monoisotopic (exact) mass is 314 g/mol. The number of aromatic nitrogens is 3. The van der Waals surface area contributed by atoms with E-state index in [9.17, 15) is 4.79 Å². The highest BCUT2D eigenvalue weighted by Crippen LogP contribution is 2.19. The standard InChI is InChI=1S/C16H15ClN4O/c1-10-5-4-8-21-13(11(2)19-16(10)21)9-14(22)20-12-6-3-7-18-15(12)17/h3-8H,9H2,1-2H3,(H,20,22). The molecule has 5 nitrogen and oxygen atoms in total. The van der Waals surface area contributed by atoms with Crippen LogP contribution in [0.25, 0.3) is 5.65 Å². The van der Waals surface area contributed by atoms with Gasteiger partial charge in [-0.3, -0.25) is 4.79 Å². The van der Waals surface area contributed by atoms with Crippen molar-refractivity contribution in [1.29, 1.82) is 0 Å². The Morgan fingerprint density at radius 3 is 2.91 bits per heavy atom. The summed E-state index contributed by atoms with van der Waals surface area (Å²) in [4.78, 5) is 20.8. The zero-order valence-electron chi connectivity index (χ0n) is 12.3. The highest BCUT2D eigenvalue weighted by atomic mass is 35.5. The molecule has 0 unspecified atom stereocenters. The summed E-state index contributed by atoms with van der Waals surface area (Å²) in [5.41, 5.74) is 4.18. The summed E-state index contributed by atoms with van der Waals surface area (Å²) in [5, 5.41) is 3.06. The van der Waals surface area contributed by atoms with Crippen LogP contribution >= 0.6 is 11.6 Å². The molecule has 3 heterocycles. The van der Waals surface area contributed by atoms with Crippen LogP contribution < -0.4 is 5.32 Å². The van der Waals surface area contributed by atoms with Gasteiger partial charge in [-0.25, -0.2) is 9.97 Å². The summed E-state index contributed by atoms with van der Waals surface area (Å²) >= 11 is 5.95. The zero-order chi connectivity index (χ0) is 15.7. The Hall–Kier alpha value is -2.40. The van der Waals surface area contributed by atoms with Crippen LogP contribution in [0.4, 0.5) is 5.69 Å². The molecule has 0 spiro atoms. The van der Waals surface area contributed by atoms with Gasteiger partial charge in [-0.1, -0.05) is 17.7 Å². The average Bonchev–Trinajstić information content (AvgIpc) is 2.80. The zero-order valence-corrected chi connectivity index (χ0v) is 13.1. The number of nitrogens with one attached hydrogen (secondary N) is 1. The van der Waals surface area contributed by atoms with Crippen molar-refractivity contribution < 1.29 is 4.79 Å². The molecule has 22 heavy (non-hydrogen) atoms. The Kier molecular flexibility index (Phi) is 3.81. The fourth-order valence-corrected chi connectivity index (χ4v) is 2.57. The highest BCUT2D eigenvalue weighted by Gasteiger charge is 2.14. The Morgan fingerprint density at radius 2 is 2.14 bits per heavy atom. The average molecular weight is 315 g/mol. The Balaban J connectivity index is 1.87. The predicted octanol–water partition coefficient (Wildman–Crippen LogP) is 3.18. The molecule has 0 saturated carbocycles. The van der Waals surface area contributed by atoms with Crippen molar-refractivity contribution in [2.75, 3.05) is 5.32 Å². The lowest BCUT2D eigenvalue weighted by atomic mass is 10.2. The van der Waals surface area contributed by atoms with Crippen LogP contribution in [0.15, 0.2) is 36.7 Å². The smallest absolute Gasteiger partial charge is 0.230 e. The lowest BCUT2D eigenvalue weighted by Crippen LogP contribution is -2.16. The van der Waals surface area contributed by atoms with E-state index in [1.807, 2.05) is 36.6 Å². The number of amides is 1. The van der Waals surface area contributed by atoms with E-state index in [4.69, 9.17) is 11.6 Å². The Bertz CT molecular complexity index is 856. The van der Waals surface area contributed by atoms with E-state index in [0.717, 1.165) is 22.6 Å². The summed E-state index contributed by atoms with van der Waals surface area (Å²) in [5.74, 6) is -0.152. The van der Waals surface area contributed by atoms with E-state index in [-0.39, 0.29) is 17.5 Å². The number of imidazole rings is 1. The number of aryl methyl sites for hydroxylation is 2. The first kappa shape index (κ1) is 14.5. The SMILES string of the molecule is Cc1nc2c(C)cccn2c1CC(=O)Nc1cccnc1Cl. The van der Waals surface area contributed by atoms with Crippen molar-refractivity contribution in [3.05, 3.63) is 58.8 Å². The molecule has 1 N–H and O–H groups in total. The molecule has 0 aliphatic rings. The van der Waals surface area contributed by atoms with E-state index in [0.29, 0.717) is 5.69 Å². The van der Waals surface area contributed by atoms with Crippen molar-refractivity contribution in [3.8, 4) is 0 Å². The van der Waals surface area contributed by atoms with Crippen molar-refractivity contribution in [2.45, 2.75) is 20.3 Å². The third kappa shape index (κ3) is 2.67. The maximum Gasteiger partial charge on any atom is 0.230 e. The number of pyridine rings is 2. The maximum absolute atomic E-state index is 12.3. The van der Waals surface area contributed by atoms with Gasteiger partial charge in [0.2, 0.25) is 5.91 Å². The molecule has 3 rings (SSSR count). The normalized spacial score (nSPS) is 10.9. The van der Waals surface area contributed by atoms with Gasteiger partial charge in [-0.05, 0) is 37.6 Å². The van der Waals surface area contributed by atoms with Crippen LogP contribution in [-0.4, -0.2) is 20.3 Å². The van der Waals surface area contributed by atoms with Crippen LogP contribution in [-0.2, 0) is 11.2 Å². The van der Waals surface area contributed by atoms with Crippen LogP contribution in [0.2, 0.25) is 5.15 Å². The molecule has 0 atom stereocenters. The Labute approximate surface area is 133 Å². The Morgan fingerprint density at radius 1 is 1.32 bits per heavy atom. The molecule has 3 aromatic heterocycles. The van der Waals surface area contributed by atoms with Crippen molar-refractivity contribution >= 4 is 28.8 Å². The summed E-state index contributed by atoms with van der Waals surface area (Å²) in [6.07, 6.45) is 3.72. The highest BCUT2D eigenvalue weighted by molar-refractivity contribution is 6.32. The van der Waals surface area contributed by atoms with Crippen LogP contribution in [0, 0.1) is 13.8 Å². The molecule has 112 valence electrons. The fraction of sp³-hybridized carbons (Fsp3) is 0.188. The number of hydrogen-bond donors (Lipinski definition) is 1. The molecular formula is C16H15ClN4O. The third-order valence-electron chi connectivity index (χ3n) is 3.51. The van der Waals surface area contributed by atoms with Crippen molar-refractivity contribution in [1.82, 2.24) is 14.4 Å². The third-order valence-corrected chi connectivity index (χ3v) is 3.81. The van der Waals surface area contributed by atoms with Gasteiger partial charge < -0.3 is 9.72 Å². The molecule has 0 aliphatic carbocycles. The van der Waals surface area contributed by atoms with Gasteiger partial charge in [0.25, 0.3) is 0 Å². The number of carbonyl (C=O) groups is 1. The van der Waals surface area contributed by atoms with Gasteiger partial charge >= 0.3 is 0 Å². The van der Waals surface area contributed by atoms with Crippen LogP contribution in [0.3, 0.4) is 0 Å². The topological polar surface area (TPSA) is 59.3 Å². The first-order chi connectivity index (χ1) is 10.6. The molecule has 3 aromatic rings. The molecule has 0 aromatic carbocycles. The fourth-order valence-electron chi connectivity index (χ4n) is 2.40. The number of fused-ring (bicyclic) bond motifs is 1. The van der Waals surface area contributed by atoms with Gasteiger partial charge in [0.15, 0.2) is 5.15 Å². The molecule has 0 aliphatic heterocycles. The lowest BCUT2D eigenvalue weighted by Gasteiger charge is -2.07. The number of halogens is 1. The van der Waals surface area contributed by atoms with E-state index in [2.05, 4.69) is 15.3 Å². The minimum absolute atomic E-state index is 0.152. The minimum atomic E-state index is -0.152. The summed E-state index contributed by atoms with van der Waals surface area (Å²) in [7, 11) is 0. The van der Waals surface area contributed by atoms with Crippen molar-refractivity contribution in [2.24, 2.45) is 0 Å². The van der Waals surface area contributed by atoms with E-state index >= 15 is 0 Å². The van der Waals surface area contributed by atoms with Crippen LogP contribution in [0.1, 0.15) is 17.0 Å². The maximum atomic E-state index is 12.3. The quantitative estimate of drug-likeness (QED) is 0.755. The predicted molar refractivity (Wildman–Crippen MR) is 86.2 cm³/mol. The van der Waals surface area contributed by atoms with E-state index < -0.39 is 0 Å². The molecule has 0 bridgehead atoms. The van der Waals surface area contributed by atoms with Crippen LogP contribution in [0.5, 0.6) is 0 Å². The molecular weight excluding hydrogens is 300 g/mol. The second-order valence-corrected chi connectivity index (χ2v) is 5.45. The number of anilines is 1. The van der Waals surface area contributed by atoms with Gasteiger partial charge in [0, 0.05) is 12.4 Å². The number of rotatable bonds is 3. The number of hydrogen-bond acceptors (Lipinski definition) is 3. The number of carbonyl (C=O) groups excluding carboxylic acids is 1. The summed E-state index contributed by atoms with van der Waals surface area (Å²) in [6, 6.07) is 7.40.